The molecule has 0 aliphatic rings. The van der Waals surface area contributed by atoms with Crippen molar-refractivity contribution in [2.24, 2.45) is 0 Å². The van der Waals surface area contributed by atoms with Crippen LogP contribution in [0.5, 0.6) is 0 Å². The van der Waals surface area contributed by atoms with Gasteiger partial charge in [-0.1, -0.05) is 66.4 Å². The van der Waals surface area contributed by atoms with Crippen molar-refractivity contribution < 1.29 is 13.0 Å². The minimum atomic E-state index is -4.00. The SMILES string of the molecule is O=S(=O)(O)c1ccccc1.c1ccc(Sc2ccccc2)cc1. The average Bonchev–Trinajstić information content (AvgIpc) is 2.57. The van der Waals surface area contributed by atoms with Gasteiger partial charge in [0, 0.05) is 9.79 Å². The molecule has 0 bridgehead atoms. The quantitative estimate of drug-likeness (QED) is 0.695. The Hall–Kier alpha value is -2.08. The highest BCUT2D eigenvalue weighted by molar-refractivity contribution is 7.99. The summed E-state index contributed by atoms with van der Waals surface area (Å²) in [5, 5.41) is 0. The minimum absolute atomic E-state index is 0.0741. The van der Waals surface area contributed by atoms with E-state index in [4.69, 9.17) is 4.55 Å². The molecule has 0 unspecified atom stereocenters. The monoisotopic (exact) mass is 344 g/mol. The van der Waals surface area contributed by atoms with Gasteiger partial charge >= 0.3 is 0 Å². The molecule has 0 amide bonds. The van der Waals surface area contributed by atoms with E-state index >= 15 is 0 Å². The van der Waals surface area contributed by atoms with Gasteiger partial charge < -0.3 is 0 Å². The zero-order valence-electron chi connectivity index (χ0n) is 12.2. The molecule has 3 nitrogen and oxygen atoms in total. The highest BCUT2D eigenvalue weighted by Gasteiger charge is 2.05. The molecule has 0 spiro atoms. The van der Waals surface area contributed by atoms with Gasteiger partial charge in [0.25, 0.3) is 10.1 Å². The van der Waals surface area contributed by atoms with Gasteiger partial charge in [0.1, 0.15) is 0 Å². The van der Waals surface area contributed by atoms with Gasteiger partial charge in [-0.05, 0) is 36.4 Å². The van der Waals surface area contributed by atoms with Crippen LogP contribution < -0.4 is 0 Å². The maximum absolute atomic E-state index is 10.4. The summed E-state index contributed by atoms with van der Waals surface area (Å²) >= 11 is 1.79. The van der Waals surface area contributed by atoms with Gasteiger partial charge in [-0.25, -0.2) is 0 Å². The van der Waals surface area contributed by atoms with Gasteiger partial charge in [-0.15, -0.1) is 0 Å². The van der Waals surface area contributed by atoms with Crippen molar-refractivity contribution in [3.05, 3.63) is 91.0 Å². The van der Waals surface area contributed by atoms with Crippen molar-refractivity contribution in [2.45, 2.75) is 14.7 Å². The Kier molecular flexibility index (Phi) is 6.40. The van der Waals surface area contributed by atoms with E-state index in [2.05, 4.69) is 48.5 Å². The third-order valence-electron chi connectivity index (χ3n) is 2.76. The first-order chi connectivity index (χ1) is 11.1. The summed E-state index contributed by atoms with van der Waals surface area (Å²) in [5.74, 6) is 0. The van der Waals surface area contributed by atoms with Crippen LogP contribution in [0.1, 0.15) is 0 Å². The van der Waals surface area contributed by atoms with Gasteiger partial charge in [-0.3, -0.25) is 4.55 Å². The topological polar surface area (TPSA) is 54.4 Å². The number of hydrogen-bond acceptors (Lipinski definition) is 3. The standard InChI is InChI=1S/C12H10S.C6H6O3S/c1-3-7-11(8-4-1)13-12-9-5-2-6-10-12;7-10(8,9)6-4-2-1-3-5-6/h1-10H;1-5H,(H,7,8,9). The lowest BCUT2D eigenvalue weighted by Gasteiger charge is -1.99. The van der Waals surface area contributed by atoms with E-state index in [0.29, 0.717) is 0 Å². The molecular formula is C18H16O3S2. The molecule has 1 N–H and O–H groups in total. The number of hydrogen-bond donors (Lipinski definition) is 1. The Morgan fingerprint density at radius 1 is 0.609 bits per heavy atom. The predicted molar refractivity (Wildman–Crippen MR) is 93.3 cm³/mol. The fraction of sp³-hybridized carbons (Fsp3) is 0. The fourth-order valence-corrected chi connectivity index (χ4v) is 3.07. The van der Waals surface area contributed by atoms with Gasteiger partial charge in [0.15, 0.2) is 0 Å². The van der Waals surface area contributed by atoms with Crippen LogP contribution >= 0.6 is 11.8 Å². The Labute approximate surface area is 140 Å². The molecule has 3 rings (SSSR count). The van der Waals surface area contributed by atoms with E-state index in [0.717, 1.165) is 0 Å². The van der Waals surface area contributed by atoms with Crippen molar-refractivity contribution in [3.63, 3.8) is 0 Å². The third kappa shape index (κ3) is 6.28. The molecule has 0 aromatic heterocycles. The number of benzene rings is 3. The van der Waals surface area contributed by atoms with Crippen LogP contribution in [0, 0.1) is 0 Å². The molecule has 0 aliphatic carbocycles. The molecule has 0 heterocycles. The molecule has 0 saturated carbocycles. The van der Waals surface area contributed by atoms with Crippen molar-refractivity contribution in [1.82, 2.24) is 0 Å². The highest BCUT2D eigenvalue weighted by atomic mass is 32.2. The van der Waals surface area contributed by atoms with Crippen LogP contribution in [-0.4, -0.2) is 13.0 Å². The molecular weight excluding hydrogens is 328 g/mol. The first-order valence-corrected chi connectivity index (χ1v) is 9.12. The molecule has 23 heavy (non-hydrogen) atoms. The predicted octanol–water partition coefficient (Wildman–Crippen LogP) is 4.77. The second kappa shape index (κ2) is 8.53. The van der Waals surface area contributed by atoms with Gasteiger partial charge in [0.2, 0.25) is 0 Å². The van der Waals surface area contributed by atoms with Crippen LogP contribution in [0.3, 0.4) is 0 Å². The lowest BCUT2D eigenvalue weighted by Crippen LogP contribution is -1.96. The normalized spacial score (nSPS) is 10.5. The van der Waals surface area contributed by atoms with Crippen LogP contribution in [0.4, 0.5) is 0 Å². The molecule has 0 fully saturated rings. The summed E-state index contributed by atoms with van der Waals surface area (Å²) in [4.78, 5) is 2.50. The maximum Gasteiger partial charge on any atom is 0.294 e. The van der Waals surface area contributed by atoms with E-state index in [1.54, 1.807) is 30.0 Å². The van der Waals surface area contributed by atoms with Crippen molar-refractivity contribution in [3.8, 4) is 0 Å². The first kappa shape index (κ1) is 17.3. The van der Waals surface area contributed by atoms with E-state index in [1.807, 2.05) is 12.1 Å². The largest absolute Gasteiger partial charge is 0.294 e. The Balaban J connectivity index is 0.000000174. The van der Waals surface area contributed by atoms with Crippen molar-refractivity contribution in [1.29, 1.82) is 0 Å². The minimum Gasteiger partial charge on any atom is -0.282 e. The molecule has 3 aromatic rings. The van der Waals surface area contributed by atoms with Crippen molar-refractivity contribution in [2.75, 3.05) is 0 Å². The van der Waals surface area contributed by atoms with E-state index in [-0.39, 0.29) is 4.90 Å². The summed E-state index contributed by atoms with van der Waals surface area (Å²) in [5.41, 5.74) is 0. The summed E-state index contributed by atoms with van der Waals surface area (Å²) in [6.45, 7) is 0. The maximum atomic E-state index is 10.4. The molecule has 3 aromatic carbocycles. The molecule has 0 aliphatic heterocycles. The number of rotatable bonds is 3. The molecule has 0 saturated heterocycles. The zero-order chi connectivity index (χ0) is 16.5. The Morgan fingerprint density at radius 2 is 0.957 bits per heavy atom. The van der Waals surface area contributed by atoms with Crippen LogP contribution in [0.25, 0.3) is 0 Å². The van der Waals surface area contributed by atoms with Crippen LogP contribution in [0.15, 0.2) is 106 Å². The fourth-order valence-electron chi connectivity index (χ4n) is 1.71. The summed E-state index contributed by atoms with van der Waals surface area (Å²) in [7, 11) is -4.00. The third-order valence-corrected chi connectivity index (χ3v) is 4.65. The Morgan fingerprint density at radius 3 is 1.26 bits per heavy atom. The van der Waals surface area contributed by atoms with E-state index in [1.165, 1.54) is 21.9 Å². The molecule has 5 heteroatoms. The smallest absolute Gasteiger partial charge is 0.282 e. The van der Waals surface area contributed by atoms with Gasteiger partial charge in [0.05, 0.1) is 4.90 Å². The summed E-state index contributed by atoms with van der Waals surface area (Å²) in [6.07, 6.45) is 0. The average molecular weight is 344 g/mol. The second-order valence-electron chi connectivity index (χ2n) is 4.52. The zero-order valence-corrected chi connectivity index (χ0v) is 13.9. The molecule has 0 atom stereocenters. The first-order valence-electron chi connectivity index (χ1n) is 6.86. The summed E-state index contributed by atoms with van der Waals surface area (Å²) < 4.78 is 29.2. The molecule has 0 radical (unpaired) electrons. The lowest BCUT2D eigenvalue weighted by molar-refractivity contribution is 0.483. The molecule has 118 valence electrons. The second-order valence-corrected chi connectivity index (χ2v) is 7.08. The summed E-state index contributed by atoms with van der Waals surface area (Å²) in [6, 6.07) is 28.2. The Bertz CT molecular complexity index is 765. The van der Waals surface area contributed by atoms with Crippen LogP contribution in [0.2, 0.25) is 0 Å². The van der Waals surface area contributed by atoms with Crippen molar-refractivity contribution >= 4 is 21.9 Å². The van der Waals surface area contributed by atoms with E-state index < -0.39 is 10.1 Å². The lowest BCUT2D eigenvalue weighted by atomic mass is 10.4. The van der Waals surface area contributed by atoms with Gasteiger partial charge in [-0.2, -0.15) is 8.42 Å². The van der Waals surface area contributed by atoms with Crippen LogP contribution in [-0.2, 0) is 10.1 Å². The van der Waals surface area contributed by atoms with E-state index in [9.17, 15) is 8.42 Å². The highest BCUT2D eigenvalue weighted by Crippen LogP contribution is 2.26.